The van der Waals surface area contributed by atoms with Gasteiger partial charge in [0.05, 0.1) is 16.6 Å². The Balaban J connectivity index is 1.09. The van der Waals surface area contributed by atoms with E-state index in [0.717, 1.165) is 93.0 Å². The number of carbonyl (C=O) groups is 3. The number of nitrogens with two attached hydrogens (primary N) is 1. The molecule has 9 nitrogen and oxygen atoms in total. The lowest BCUT2D eigenvalue weighted by molar-refractivity contribution is -0.143. The summed E-state index contributed by atoms with van der Waals surface area (Å²) in [4.78, 5) is 49.5. The monoisotopic (exact) mass is 676 g/mol. The number of hydrogen-bond donors (Lipinski definition) is 2. The second-order valence-corrected chi connectivity index (χ2v) is 15.0. The minimum absolute atomic E-state index is 0.0120. The molecule has 10 heteroatoms. The summed E-state index contributed by atoms with van der Waals surface area (Å²) in [7, 11) is 2.20. The quantitative estimate of drug-likeness (QED) is 0.350. The van der Waals surface area contributed by atoms with Crippen LogP contribution in [0.5, 0.6) is 0 Å². The van der Waals surface area contributed by atoms with Crippen molar-refractivity contribution < 1.29 is 14.4 Å². The van der Waals surface area contributed by atoms with Crippen LogP contribution in [-0.4, -0.2) is 96.3 Å². The molecule has 4 heterocycles. The highest BCUT2D eigenvalue weighted by Gasteiger charge is 2.36. The molecule has 1 atom stereocenters. The number of likely N-dealkylation sites (tertiary alicyclic amines) is 3. The van der Waals surface area contributed by atoms with Crippen LogP contribution >= 0.6 is 11.6 Å². The number of piperidine rings is 3. The van der Waals surface area contributed by atoms with Crippen molar-refractivity contribution in [1.82, 2.24) is 19.6 Å². The van der Waals surface area contributed by atoms with Crippen molar-refractivity contribution in [3.05, 3.63) is 58.1 Å². The molecule has 0 radical (unpaired) electrons. The van der Waals surface area contributed by atoms with Crippen molar-refractivity contribution >= 4 is 40.8 Å². The number of benzene rings is 2. The highest BCUT2D eigenvalue weighted by atomic mass is 35.5. The molecule has 4 aliphatic rings. The first kappa shape index (κ1) is 34.6. The zero-order chi connectivity index (χ0) is 33.8. The molecule has 0 aliphatic carbocycles. The van der Waals surface area contributed by atoms with Crippen LogP contribution in [0.4, 0.5) is 16.2 Å². The van der Waals surface area contributed by atoms with Crippen LogP contribution in [0, 0.1) is 17.8 Å². The van der Waals surface area contributed by atoms with E-state index in [1.165, 1.54) is 12.8 Å². The molecule has 3 N–H and O–H groups in total. The standard InChI is InChI=1S/C38H53ClN6O3/c1-3-27-22-26(24-33(39)36(27)40)23-31(37(47)44-17-10-29(11-18-44)28-8-15-42(2)16-9-28)25-35(46)43-19-13-32(14-20-43)45-21-12-30-6-4-5-7-34(30)41-38(45)48/h4-7,22,24,28-29,31-32H,3,8-21,23,25,40H2,1-2H3,(H,41,48)/t31-/m0/s1. The Labute approximate surface area is 291 Å². The van der Waals surface area contributed by atoms with Crippen LogP contribution in [0.15, 0.2) is 36.4 Å². The van der Waals surface area contributed by atoms with Gasteiger partial charge in [0, 0.05) is 50.9 Å². The number of anilines is 2. The van der Waals surface area contributed by atoms with E-state index in [0.29, 0.717) is 42.7 Å². The van der Waals surface area contributed by atoms with Crippen molar-refractivity contribution in [3.8, 4) is 0 Å². The summed E-state index contributed by atoms with van der Waals surface area (Å²) in [5.74, 6) is 1.05. The van der Waals surface area contributed by atoms with Crippen LogP contribution < -0.4 is 11.1 Å². The van der Waals surface area contributed by atoms with Gasteiger partial charge in [0.15, 0.2) is 0 Å². The van der Waals surface area contributed by atoms with Gasteiger partial charge in [-0.2, -0.15) is 0 Å². The third-order valence-electron chi connectivity index (χ3n) is 11.6. The van der Waals surface area contributed by atoms with E-state index in [1.54, 1.807) is 0 Å². The third-order valence-corrected chi connectivity index (χ3v) is 11.9. The van der Waals surface area contributed by atoms with Crippen LogP contribution in [0.25, 0.3) is 0 Å². The second-order valence-electron chi connectivity index (χ2n) is 14.6. The molecule has 4 aliphatic heterocycles. The molecule has 0 saturated carbocycles. The Bertz CT molecular complexity index is 1460. The van der Waals surface area contributed by atoms with Gasteiger partial charge in [-0.05, 0) is 119 Å². The van der Waals surface area contributed by atoms with Gasteiger partial charge in [-0.15, -0.1) is 0 Å². The number of carbonyl (C=O) groups excluding carboxylic acids is 3. The van der Waals surface area contributed by atoms with Crippen molar-refractivity contribution in [2.45, 2.75) is 77.2 Å². The summed E-state index contributed by atoms with van der Waals surface area (Å²) in [5, 5.41) is 3.58. The number of halogens is 1. The predicted octanol–water partition coefficient (Wildman–Crippen LogP) is 5.70. The molecule has 0 unspecified atom stereocenters. The van der Waals surface area contributed by atoms with E-state index in [9.17, 15) is 14.4 Å². The fraction of sp³-hybridized carbons (Fsp3) is 0.605. The smallest absolute Gasteiger partial charge is 0.322 e. The van der Waals surface area contributed by atoms with Gasteiger partial charge in [-0.25, -0.2) is 4.79 Å². The largest absolute Gasteiger partial charge is 0.397 e. The molecule has 0 bridgehead atoms. The number of amides is 4. The Kier molecular flexibility index (Phi) is 11.2. The zero-order valence-electron chi connectivity index (χ0n) is 28.8. The van der Waals surface area contributed by atoms with Crippen molar-refractivity contribution in [3.63, 3.8) is 0 Å². The Hall–Kier alpha value is -3.30. The van der Waals surface area contributed by atoms with E-state index < -0.39 is 5.92 Å². The van der Waals surface area contributed by atoms with Crippen molar-refractivity contribution in [2.24, 2.45) is 17.8 Å². The molecule has 2 aromatic carbocycles. The number of para-hydroxylation sites is 1. The molecular formula is C38H53ClN6O3. The Morgan fingerprint density at radius 1 is 0.917 bits per heavy atom. The fourth-order valence-corrected chi connectivity index (χ4v) is 8.79. The average molecular weight is 677 g/mol. The van der Waals surface area contributed by atoms with Gasteiger partial charge < -0.3 is 30.7 Å². The van der Waals surface area contributed by atoms with Crippen molar-refractivity contribution in [2.75, 3.05) is 63.9 Å². The van der Waals surface area contributed by atoms with E-state index in [1.807, 2.05) is 52.0 Å². The second kappa shape index (κ2) is 15.5. The van der Waals surface area contributed by atoms with Crippen LogP contribution in [0.1, 0.15) is 68.6 Å². The first-order chi connectivity index (χ1) is 23.2. The molecule has 6 rings (SSSR count). The molecule has 260 valence electrons. The molecule has 3 fully saturated rings. The fourth-order valence-electron chi connectivity index (χ4n) is 8.53. The number of urea groups is 1. The first-order valence-electron chi connectivity index (χ1n) is 18.2. The van der Waals surface area contributed by atoms with Crippen LogP contribution in [0.2, 0.25) is 5.02 Å². The first-order valence-corrected chi connectivity index (χ1v) is 18.5. The van der Waals surface area contributed by atoms with E-state index in [-0.39, 0.29) is 30.3 Å². The molecule has 0 aromatic heterocycles. The minimum atomic E-state index is -0.464. The lowest BCUT2D eigenvalue weighted by atomic mass is 9.78. The van der Waals surface area contributed by atoms with E-state index in [4.69, 9.17) is 17.3 Å². The maximum absolute atomic E-state index is 14.2. The molecular weight excluding hydrogens is 624 g/mol. The summed E-state index contributed by atoms with van der Waals surface area (Å²) >= 11 is 6.53. The molecule has 0 spiro atoms. The normalized spacial score (nSPS) is 21.1. The van der Waals surface area contributed by atoms with E-state index in [2.05, 4.69) is 23.3 Å². The number of hydrogen-bond acceptors (Lipinski definition) is 5. The van der Waals surface area contributed by atoms with Crippen molar-refractivity contribution in [1.29, 1.82) is 0 Å². The summed E-state index contributed by atoms with van der Waals surface area (Å²) in [6.45, 7) is 7.71. The summed E-state index contributed by atoms with van der Waals surface area (Å²) in [6.07, 6.45) is 8.21. The number of rotatable bonds is 8. The number of nitrogen functional groups attached to an aromatic ring is 1. The predicted molar refractivity (Wildman–Crippen MR) is 192 cm³/mol. The summed E-state index contributed by atoms with van der Waals surface area (Å²) in [6, 6.07) is 11.9. The maximum Gasteiger partial charge on any atom is 0.322 e. The summed E-state index contributed by atoms with van der Waals surface area (Å²) in [5.41, 5.74) is 10.8. The summed E-state index contributed by atoms with van der Waals surface area (Å²) < 4.78 is 0. The molecule has 48 heavy (non-hydrogen) atoms. The third kappa shape index (κ3) is 7.94. The molecule has 4 amide bonds. The van der Waals surface area contributed by atoms with Gasteiger partial charge in [-0.1, -0.05) is 42.8 Å². The number of nitrogens with one attached hydrogen (secondary N) is 1. The average Bonchev–Trinajstić information content (AvgIpc) is 3.27. The van der Waals surface area contributed by atoms with E-state index >= 15 is 0 Å². The van der Waals surface area contributed by atoms with Gasteiger partial charge in [0.25, 0.3) is 0 Å². The lowest BCUT2D eigenvalue weighted by Crippen LogP contribution is -2.50. The Morgan fingerprint density at radius 3 is 2.25 bits per heavy atom. The Morgan fingerprint density at radius 2 is 1.56 bits per heavy atom. The molecule has 3 saturated heterocycles. The van der Waals surface area contributed by atoms with Gasteiger partial charge in [-0.3, -0.25) is 9.59 Å². The number of aryl methyl sites for hydroxylation is 1. The topological polar surface area (TPSA) is 102 Å². The minimum Gasteiger partial charge on any atom is -0.397 e. The van der Waals surface area contributed by atoms with Crippen LogP contribution in [-0.2, 0) is 28.9 Å². The van der Waals surface area contributed by atoms with Gasteiger partial charge >= 0.3 is 6.03 Å². The zero-order valence-corrected chi connectivity index (χ0v) is 29.5. The highest BCUT2D eigenvalue weighted by Crippen LogP contribution is 2.34. The van der Waals surface area contributed by atoms with Gasteiger partial charge in [0.2, 0.25) is 11.8 Å². The number of fused-ring (bicyclic) bond motifs is 1. The number of nitrogens with zero attached hydrogens (tertiary/aromatic N) is 4. The highest BCUT2D eigenvalue weighted by molar-refractivity contribution is 6.33. The molecule has 2 aromatic rings. The lowest BCUT2D eigenvalue weighted by Gasteiger charge is -2.40. The van der Waals surface area contributed by atoms with Crippen LogP contribution in [0.3, 0.4) is 0 Å². The SMILES string of the molecule is CCc1cc(C[C@@H](CC(=O)N2CCC(N3CCc4ccccc4NC3=O)CC2)C(=O)N2CCC(C3CCN(C)CC3)CC2)cc(Cl)c1N. The maximum atomic E-state index is 14.2. The van der Waals surface area contributed by atoms with Gasteiger partial charge in [0.1, 0.15) is 0 Å².